The molecule has 0 fully saturated rings. The molecule has 0 aliphatic carbocycles. The third kappa shape index (κ3) is 2.10. The van der Waals surface area contributed by atoms with Crippen molar-refractivity contribution in [1.29, 1.82) is 0 Å². The Bertz CT molecular complexity index is 158. The van der Waals surface area contributed by atoms with Gasteiger partial charge in [0.05, 0.1) is 6.54 Å². The molecule has 1 aromatic rings. The Morgan fingerprint density at radius 2 is 2.44 bits per heavy atom. The second kappa shape index (κ2) is 2.92. The van der Waals surface area contributed by atoms with Crippen molar-refractivity contribution in [3.8, 4) is 0 Å². The molecule has 1 rings (SSSR count). The highest BCUT2D eigenvalue weighted by molar-refractivity contribution is 7.02. The number of hydrogen-bond donors (Lipinski definition) is 0. The van der Waals surface area contributed by atoms with Crippen molar-refractivity contribution < 1.29 is 4.57 Å². The fraction of sp³-hybridized carbons (Fsp3) is 0.667. The largest absolute Gasteiger partial charge is 0.302 e. The van der Waals surface area contributed by atoms with Gasteiger partial charge in [0.25, 0.3) is 0 Å². The van der Waals surface area contributed by atoms with Gasteiger partial charge in [0.2, 0.25) is 0 Å². The first kappa shape index (κ1) is 6.68. The van der Waals surface area contributed by atoms with Gasteiger partial charge in [-0.2, -0.15) is 0 Å². The van der Waals surface area contributed by atoms with Crippen LogP contribution in [0.25, 0.3) is 0 Å². The Balaban J connectivity index is 2.48. The molecule has 2 nitrogen and oxygen atoms in total. The monoisotopic (exact) mass is 143 g/mol. The molecule has 0 atom stereocenters. The van der Waals surface area contributed by atoms with E-state index in [9.17, 15) is 0 Å². The van der Waals surface area contributed by atoms with Gasteiger partial charge in [-0.1, -0.05) is 13.8 Å². The first-order chi connectivity index (χ1) is 4.29. The fourth-order valence-corrected chi connectivity index (χ4v) is 1.21. The Morgan fingerprint density at radius 3 is 2.89 bits per heavy atom. The van der Waals surface area contributed by atoms with Crippen LogP contribution in [0.1, 0.15) is 13.8 Å². The Labute approximate surface area is 59.3 Å². The van der Waals surface area contributed by atoms with Gasteiger partial charge in [0.15, 0.2) is 5.51 Å². The summed E-state index contributed by atoms with van der Waals surface area (Å²) in [4.78, 5) is 0. The van der Waals surface area contributed by atoms with E-state index in [1.165, 1.54) is 11.5 Å². The highest BCUT2D eigenvalue weighted by Gasteiger charge is 2.00. The van der Waals surface area contributed by atoms with Crippen LogP contribution in [0, 0.1) is 5.92 Å². The summed E-state index contributed by atoms with van der Waals surface area (Å²) >= 11 is 1.49. The standard InChI is InChI=1S/C6H11N2S/c1-6(2)3-8-4-7-9-5-8/h4-6H,3H2,1-2H3/q+1. The zero-order valence-electron chi connectivity index (χ0n) is 5.74. The lowest BCUT2D eigenvalue weighted by atomic mass is 10.2. The van der Waals surface area contributed by atoms with E-state index in [-0.39, 0.29) is 0 Å². The third-order valence-corrected chi connectivity index (χ3v) is 1.60. The zero-order chi connectivity index (χ0) is 6.69. The first-order valence-corrected chi connectivity index (χ1v) is 3.91. The summed E-state index contributed by atoms with van der Waals surface area (Å²) in [5.41, 5.74) is 2.03. The van der Waals surface area contributed by atoms with Crippen molar-refractivity contribution in [2.75, 3.05) is 0 Å². The third-order valence-electron chi connectivity index (χ3n) is 1.01. The summed E-state index contributed by atoms with van der Waals surface area (Å²) < 4.78 is 6.09. The van der Waals surface area contributed by atoms with Gasteiger partial charge < -0.3 is 0 Å². The van der Waals surface area contributed by atoms with Crippen LogP contribution < -0.4 is 4.57 Å². The smallest absolute Gasteiger partial charge is 0.224 e. The molecule has 0 amide bonds. The van der Waals surface area contributed by atoms with Crippen LogP contribution >= 0.6 is 11.5 Å². The minimum atomic E-state index is 0.714. The molecule has 0 saturated carbocycles. The fourth-order valence-electron chi connectivity index (χ4n) is 0.715. The second-order valence-corrected chi connectivity index (χ2v) is 3.15. The molecule has 3 heteroatoms. The topological polar surface area (TPSA) is 16.8 Å². The Hall–Kier alpha value is -0.440. The molecule has 0 saturated heterocycles. The molecule has 0 N–H and O–H groups in total. The Morgan fingerprint density at radius 1 is 1.67 bits per heavy atom. The maximum Gasteiger partial charge on any atom is 0.302 e. The molecule has 0 unspecified atom stereocenters. The molecular formula is C6H11N2S+. The number of hydrogen-bond acceptors (Lipinski definition) is 2. The summed E-state index contributed by atoms with van der Waals surface area (Å²) in [7, 11) is 0. The minimum Gasteiger partial charge on any atom is -0.224 e. The summed E-state index contributed by atoms with van der Waals surface area (Å²) in [6.07, 6.45) is 1.87. The molecule has 0 aliphatic heterocycles. The van der Waals surface area contributed by atoms with E-state index < -0.39 is 0 Å². The summed E-state index contributed by atoms with van der Waals surface area (Å²) in [6, 6.07) is 0. The lowest BCUT2D eigenvalue weighted by Crippen LogP contribution is -2.32. The molecule has 50 valence electrons. The normalized spacial score (nSPS) is 10.6. The van der Waals surface area contributed by atoms with E-state index in [4.69, 9.17) is 0 Å². The van der Waals surface area contributed by atoms with Crippen LogP contribution in [0.5, 0.6) is 0 Å². The van der Waals surface area contributed by atoms with Crippen molar-refractivity contribution in [2.24, 2.45) is 5.92 Å². The summed E-state index contributed by atoms with van der Waals surface area (Å²) in [5, 5.41) is 0. The van der Waals surface area contributed by atoms with Crippen LogP contribution in [0.3, 0.4) is 0 Å². The molecule has 1 aromatic heterocycles. The first-order valence-electron chi connectivity index (χ1n) is 3.07. The second-order valence-electron chi connectivity index (χ2n) is 2.52. The highest BCUT2D eigenvalue weighted by atomic mass is 32.1. The van der Waals surface area contributed by atoms with E-state index in [1.807, 2.05) is 11.8 Å². The van der Waals surface area contributed by atoms with Gasteiger partial charge in [-0.25, -0.2) is 4.57 Å². The van der Waals surface area contributed by atoms with Crippen molar-refractivity contribution >= 4 is 11.5 Å². The van der Waals surface area contributed by atoms with E-state index in [0.29, 0.717) is 5.92 Å². The number of aromatic nitrogens is 2. The molecule has 9 heavy (non-hydrogen) atoms. The van der Waals surface area contributed by atoms with Crippen LogP contribution in [0.15, 0.2) is 11.8 Å². The molecule has 0 radical (unpaired) electrons. The van der Waals surface area contributed by atoms with Crippen LogP contribution in [-0.2, 0) is 6.54 Å². The molecule has 0 spiro atoms. The van der Waals surface area contributed by atoms with Gasteiger partial charge in [-0.3, -0.25) is 0 Å². The van der Waals surface area contributed by atoms with Crippen molar-refractivity contribution in [3.63, 3.8) is 0 Å². The summed E-state index contributed by atoms with van der Waals surface area (Å²) in [5.74, 6) is 0.714. The van der Waals surface area contributed by atoms with E-state index in [2.05, 4.69) is 22.8 Å². The van der Waals surface area contributed by atoms with E-state index in [0.717, 1.165) is 6.54 Å². The van der Waals surface area contributed by atoms with Crippen LogP contribution in [0.4, 0.5) is 0 Å². The van der Waals surface area contributed by atoms with Gasteiger partial charge in [0.1, 0.15) is 11.5 Å². The average Bonchev–Trinajstić information content (AvgIpc) is 2.15. The quantitative estimate of drug-likeness (QED) is 0.566. The van der Waals surface area contributed by atoms with Crippen molar-refractivity contribution in [1.82, 2.24) is 4.37 Å². The lowest BCUT2D eigenvalue weighted by molar-refractivity contribution is -0.699. The average molecular weight is 143 g/mol. The lowest BCUT2D eigenvalue weighted by Gasteiger charge is -1.96. The molecule has 0 aromatic carbocycles. The predicted octanol–water partition coefficient (Wildman–Crippen LogP) is 1.09. The minimum absolute atomic E-state index is 0.714. The van der Waals surface area contributed by atoms with Gasteiger partial charge in [-0.15, -0.1) is 0 Å². The van der Waals surface area contributed by atoms with Gasteiger partial charge >= 0.3 is 6.33 Å². The molecule has 0 aliphatic rings. The summed E-state index contributed by atoms with van der Waals surface area (Å²) in [6.45, 7) is 5.48. The SMILES string of the molecule is CC(C)C[n+]1cnsc1. The highest BCUT2D eigenvalue weighted by Crippen LogP contribution is 1.90. The maximum absolute atomic E-state index is 3.98. The van der Waals surface area contributed by atoms with E-state index in [1.54, 1.807) is 0 Å². The van der Waals surface area contributed by atoms with Crippen molar-refractivity contribution in [3.05, 3.63) is 11.8 Å². The maximum atomic E-state index is 3.98. The number of rotatable bonds is 2. The number of nitrogens with zero attached hydrogens (tertiary/aromatic N) is 2. The molecular weight excluding hydrogens is 132 g/mol. The molecule has 0 bridgehead atoms. The van der Waals surface area contributed by atoms with Crippen LogP contribution in [-0.4, -0.2) is 4.37 Å². The van der Waals surface area contributed by atoms with Gasteiger partial charge in [0, 0.05) is 4.37 Å². The zero-order valence-corrected chi connectivity index (χ0v) is 6.56. The Kier molecular flexibility index (Phi) is 2.16. The van der Waals surface area contributed by atoms with Gasteiger partial charge in [-0.05, 0) is 5.92 Å². The molecule has 1 heterocycles. The predicted molar refractivity (Wildman–Crippen MR) is 37.1 cm³/mol. The van der Waals surface area contributed by atoms with E-state index >= 15 is 0 Å². The van der Waals surface area contributed by atoms with Crippen molar-refractivity contribution in [2.45, 2.75) is 20.4 Å². The van der Waals surface area contributed by atoms with Crippen LogP contribution in [0.2, 0.25) is 0 Å².